The standard InChI is InChI=1S/C25H29N5O/c1-4-9-22-28-23-24(30(22)15-8-10-17(2)29-31-3)20-14-13-19(16-21(20)27-25(23)26)18-11-6-5-7-12-18/h5-7,11-14,16H,4,8-10,15H2,1-3H3,(H2,26,27)/b29-17+. The minimum absolute atomic E-state index is 0.487. The Kier molecular flexibility index (Phi) is 6.16. The molecule has 4 aromatic rings. The molecule has 0 saturated carbocycles. The van der Waals surface area contributed by atoms with Crippen molar-refractivity contribution in [3.8, 4) is 11.1 Å². The lowest BCUT2D eigenvalue weighted by Gasteiger charge is -2.11. The van der Waals surface area contributed by atoms with Gasteiger partial charge in [0.15, 0.2) is 5.82 Å². The van der Waals surface area contributed by atoms with Crippen LogP contribution in [0.25, 0.3) is 33.1 Å². The smallest absolute Gasteiger partial charge is 0.152 e. The van der Waals surface area contributed by atoms with Gasteiger partial charge in [0.2, 0.25) is 0 Å². The Morgan fingerprint density at radius 2 is 1.90 bits per heavy atom. The first-order valence-electron chi connectivity index (χ1n) is 10.8. The van der Waals surface area contributed by atoms with E-state index in [1.54, 1.807) is 7.11 Å². The van der Waals surface area contributed by atoms with Gasteiger partial charge in [-0.2, -0.15) is 0 Å². The van der Waals surface area contributed by atoms with E-state index < -0.39 is 0 Å². The maximum absolute atomic E-state index is 6.38. The lowest BCUT2D eigenvalue weighted by molar-refractivity contribution is 0.212. The molecule has 0 aliphatic heterocycles. The van der Waals surface area contributed by atoms with Gasteiger partial charge in [-0.25, -0.2) is 9.97 Å². The van der Waals surface area contributed by atoms with E-state index in [0.717, 1.165) is 76.8 Å². The Hall–Kier alpha value is -3.41. The number of imidazole rings is 1. The average Bonchev–Trinajstić information content (AvgIpc) is 3.14. The second-order valence-electron chi connectivity index (χ2n) is 7.83. The molecule has 0 bridgehead atoms. The molecular weight excluding hydrogens is 386 g/mol. The van der Waals surface area contributed by atoms with Gasteiger partial charge in [0, 0.05) is 18.4 Å². The van der Waals surface area contributed by atoms with Gasteiger partial charge in [0.25, 0.3) is 0 Å². The molecule has 0 atom stereocenters. The highest BCUT2D eigenvalue weighted by Gasteiger charge is 2.17. The second-order valence-corrected chi connectivity index (χ2v) is 7.83. The van der Waals surface area contributed by atoms with E-state index in [1.165, 1.54) is 0 Å². The minimum atomic E-state index is 0.487. The predicted molar refractivity (Wildman–Crippen MR) is 128 cm³/mol. The average molecular weight is 416 g/mol. The van der Waals surface area contributed by atoms with E-state index in [9.17, 15) is 0 Å². The van der Waals surface area contributed by atoms with Crippen molar-refractivity contribution in [2.45, 2.75) is 46.1 Å². The number of fused-ring (bicyclic) bond motifs is 3. The van der Waals surface area contributed by atoms with E-state index in [2.05, 4.69) is 47.0 Å². The molecule has 0 saturated heterocycles. The van der Waals surface area contributed by atoms with E-state index in [-0.39, 0.29) is 0 Å². The molecule has 0 aliphatic rings. The van der Waals surface area contributed by atoms with E-state index in [4.69, 9.17) is 20.5 Å². The van der Waals surface area contributed by atoms with Gasteiger partial charge in [-0.3, -0.25) is 0 Å². The topological polar surface area (TPSA) is 78.3 Å². The summed E-state index contributed by atoms with van der Waals surface area (Å²) in [5, 5.41) is 5.11. The molecule has 2 aromatic carbocycles. The highest BCUT2D eigenvalue weighted by Crippen LogP contribution is 2.32. The second kappa shape index (κ2) is 9.16. The molecular formula is C25H29N5O. The zero-order valence-electron chi connectivity index (χ0n) is 18.4. The number of hydrogen-bond donors (Lipinski definition) is 1. The molecule has 6 heteroatoms. The maximum atomic E-state index is 6.38. The zero-order chi connectivity index (χ0) is 21.8. The molecule has 0 spiro atoms. The number of rotatable bonds is 8. The molecule has 6 nitrogen and oxygen atoms in total. The van der Waals surface area contributed by atoms with Gasteiger partial charge >= 0.3 is 0 Å². The lowest BCUT2D eigenvalue weighted by Crippen LogP contribution is -2.06. The first-order valence-corrected chi connectivity index (χ1v) is 10.8. The zero-order valence-corrected chi connectivity index (χ0v) is 18.4. The molecule has 0 aliphatic carbocycles. The molecule has 31 heavy (non-hydrogen) atoms. The number of anilines is 1. The number of nitrogens with zero attached hydrogens (tertiary/aromatic N) is 4. The Labute approximate surface area is 182 Å². The number of aromatic nitrogens is 3. The SMILES string of the molecule is CCCc1nc2c(N)nc3cc(-c4ccccc4)ccc3c2n1CCC/C(C)=N/OC. The number of oxime groups is 1. The largest absolute Gasteiger partial charge is 0.399 e. The summed E-state index contributed by atoms with van der Waals surface area (Å²) in [5.74, 6) is 1.55. The highest BCUT2D eigenvalue weighted by atomic mass is 16.6. The maximum Gasteiger partial charge on any atom is 0.152 e. The Bertz CT molecular complexity index is 1230. The van der Waals surface area contributed by atoms with Crippen LogP contribution in [0.15, 0.2) is 53.7 Å². The Morgan fingerprint density at radius 1 is 1.10 bits per heavy atom. The highest BCUT2D eigenvalue weighted by molar-refractivity contribution is 6.07. The molecule has 0 radical (unpaired) electrons. The molecule has 0 fully saturated rings. The molecule has 0 amide bonds. The summed E-state index contributed by atoms with van der Waals surface area (Å²) in [7, 11) is 1.58. The number of nitrogen functional groups attached to an aromatic ring is 1. The van der Waals surface area contributed by atoms with Crippen molar-refractivity contribution in [2.75, 3.05) is 12.8 Å². The van der Waals surface area contributed by atoms with Crippen LogP contribution in [0.1, 0.15) is 38.9 Å². The fourth-order valence-corrected chi connectivity index (χ4v) is 4.12. The van der Waals surface area contributed by atoms with Crippen LogP contribution in [0.5, 0.6) is 0 Å². The van der Waals surface area contributed by atoms with Crippen LogP contribution in [0.2, 0.25) is 0 Å². The molecule has 4 rings (SSSR count). The van der Waals surface area contributed by atoms with Crippen LogP contribution in [0, 0.1) is 0 Å². The van der Waals surface area contributed by atoms with Gasteiger partial charge in [-0.05, 0) is 43.4 Å². The quantitative estimate of drug-likeness (QED) is 0.301. The number of hydrogen-bond acceptors (Lipinski definition) is 5. The number of nitrogens with two attached hydrogens (primary N) is 1. The normalized spacial score (nSPS) is 12.0. The molecule has 2 N–H and O–H groups in total. The summed E-state index contributed by atoms with van der Waals surface area (Å²) in [5.41, 5.74) is 12.4. The van der Waals surface area contributed by atoms with E-state index in [0.29, 0.717) is 5.82 Å². The number of aryl methyl sites for hydroxylation is 2. The van der Waals surface area contributed by atoms with Gasteiger partial charge in [0.1, 0.15) is 18.5 Å². The summed E-state index contributed by atoms with van der Waals surface area (Å²) >= 11 is 0. The first kappa shape index (κ1) is 20.8. The van der Waals surface area contributed by atoms with Crippen molar-refractivity contribution in [1.82, 2.24) is 14.5 Å². The fraction of sp³-hybridized carbons (Fsp3) is 0.320. The summed E-state index contributed by atoms with van der Waals surface area (Å²) < 4.78 is 2.32. The predicted octanol–water partition coefficient (Wildman–Crippen LogP) is 5.59. The summed E-state index contributed by atoms with van der Waals surface area (Å²) in [6.07, 6.45) is 3.75. The van der Waals surface area contributed by atoms with Crippen molar-refractivity contribution in [3.63, 3.8) is 0 Å². The fourth-order valence-electron chi connectivity index (χ4n) is 4.12. The van der Waals surface area contributed by atoms with Crippen molar-refractivity contribution in [3.05, 3.63) is 54.4 Å². The number of pyridine rings is 1. The van der Waals surface area contributed by atoms with Gasteiger partial charge in [-0.1, -0.05) is 54.5 Å². The van der Waals surface area contributed by atoms with Gasteiger partial charge in [-0.15, -0.1) is 0 Å². The van der Waals surface area contributed by atoms with Crippen molar-refractivity contribution in [2.24, 2.45) is 5.16 Å². The van der Waals surface area contributed by atoms with Crippen molar-refractivity contribution < 1.29 is 4.84 Å². The van der Waals surface area contributed by atoms with Gasteiger partial charge < -0.3 is 15.1 Å². The van der Waals surface area contributed by atoms with E-state index in [1.807, 2.05) is 25.1 Å². The lowest BCUT2D eigenvalue weighted by atomic mass is 10.0. The van der Waals surface area contributed by atoms with Crippen LogP contribution in [0.3, 0.4) is 0 Å². The Balaban J connectivity index is 1.82. The summed E-state index contributed by atoms with van der Waals surface area (Å²) in [4.78, 5) is 14.5. The van der Waals surface area contributed by atoms with Crippen LogP contribution in [0.4, 0.5) is 5.82 Å². The third-order valence-electron chi connectivity index (χ3n) is 5.53. The first-order chi connectivity index (χ1) is 15.1. The monoisotopic (exact) mass is 415 g/mol. The van der Waals surface area contributed by atoms with Gasteiger partial charge in [0.05, 0.1) is 16.7 Å². The third-order valence-corrected chi connectivity index (χ3v) is 5.53. The van der Waals surface area contributed by atoms with E-state index >= 15 is 0 Å². The van der Waals surface area contributed by atoms with Crippen LogP contribution in [-0.2, 0) is 17.8 Å². The Morgan fingerprint density at radius 3 is 2.65 bits per heavy atom. The minimum Gasteiger partial charge on any atom is -0.399 e. The summed E-state index contributed by atoms with van der Waals surface area (Å²) in [6.45, 7) is 5.01. The number of benzene rings is 2. The molecule has 0 unspecified atom stereocenters. The summed E-state index contributed by atoms with van der Waals surface area (Å²) in [6, 6.07) is 16.8. The van der Waals surface area contributed by atoms with Crippen LogP contribution < -0.4 is 5.73 Å². The van der Waals surface area contributed by atoms with Crippen LogP contribution in [-0.4, -0.2) is 27.4 Å². The van der Waals surface area contributed by atoms with Crippen LogP contribution >= 0.6 is 0 Å². The third kappa shape index (κ3) is 4.24. The van der Waals surface area contributed by atoms with Crippen molar-refractivity contribution in [1.29, 1.82) is 0 Å². The molecule has 2 heterocycles. The molecule has 2 aromatic heterocycles. The molecule has 160 valence electrons. The van der Waals surface area contributed by atoms with Crippen molar-refractivity contribution >= 4 is 33.5 Å².